The van der Waals surface area contributed by atoms with Crippen LogP contribution in [0.3, 0.4) is 0 Å². The Hall–Kier alpha value is -2.40. The molecule has 176 valence electrons. The van der Waals surface area contributed by atoms with E-state index in [9.17, 15) is 17.6 Å². The number of piperidine rings is 1. The van der Waals surface area contributed by atoms with E-state index < -0.39 is 23.0 Å². The third-order valence-electron chi connectivity index (χ3n) is 6.68. The number of aromatic nitrogens is 4. The van der Waals surface area contributed by atoms with Crippen LogP contribution in [0.4, 0.5) is 17.6 Å². The Kier molecular flexibility index (Phi) is 5.51. The van der Waals surface area contributed by atoms with Crippen LogP contribution >= 0.6 is 11.8 Å². The van der Waals surface area contributed by atoms with Gasteiger partial charge in [0, 0.05) is 31.3 Å². The Morgan fingerprint density at radius 2 is 2.09 bits per heavy atom. The van der Waals surface area contributed by atoms with Gasteiger partial charge in [0.15, 0.2) is 17.3 Å². The zero-order valence-electron chi connectivity index (χ0n) is 18.2. The summed E-state index contributed by atoms with van der Waals surface area (Å²) in [5.74, 6) is 1.71. The Bertz CT molecular complexity index is 1180. The lowest BCUT2D eigenvalue weighted by molar-refractivity contribution is -0.137. The Morgan fingerprint density at radius 3 is 2.82 bits per heavy atom. The van der Waals surface area contributed by atoms with Gasteiger partial charge in [-0.3, -0.25) is 0 Å². The van der Waals surface area contributed by atoms with Crippen molar-refractivity contribution in [2.45, 2.75) is 36.5 Å². The van der Waals surface area contributed by atoms with Crippen LogP contribution in [-0.2, 0) is 18.6 Å². The number of oxazole rings is 1. The molecule has 1 aromatic carbocycles. The third kappa shape index (κ3) is 4.05. The standard InChI is InChI=1S/C22H23F4N5OS/c1-13-18(32-12-27-13)19-28-29-20(30(19)2)33-7-3-6-31-10-15-9-21(15,11-31)16-8-14(22(24,25)26)4-5-17(16)23/h4-5,8,12,15H,3,6-7,9-11H2,1-2H3. The number of thioether (sulfide) groups is 1. The summed E-state index contributed by atoms with van der Waals surface area (Å²) < 4.78 is 61.1. The van der Waals surface area contributed by atoms with Crippen LogP contribution in [0.5, 0.6) is 0 Å². The molecule has 0 bridgehead atoms. The molecule has 0 spiro atoms. The highest BCUT2D eigenvalue weighted by atomic mass is 32.2. The van der Waals surface area contributed by atoms with E-state index in [0.717, 1.165) is 60.7 Å². The Balaban J connectivity index is 1.17. The lowest BCUT2D eigenvalue weighted by atomic mass is 9.92. The number of fused-ring (bicyclic) bond motifs is 1. The van der Waals surface area contributed by atoms with Crippen molar-refractivity contribution < 1.29 is 22.0 Å². The van der Waals surface area contributed by atoms with Crippen molar-refractivity contribution in [1.29, 1.82) is 0 Å². The number of aryl methyl sites for hydroxylation is 1. The van der Waals surface area contributed by atoms with Gasteiger partial charge in [-0.15, -0.1) is 10.2 Å². The predicted molar refractivity (Wildman–Crippen MR) is 114 cm³/mol. The van der Waals surface area contributed by atoms with Gasteiger partial charge in [-0.05, 0) is 56.0 Å². The fourth-order valence-corrected chi connectivity index (χ4v) is 5.70. The highest BCUT2D eigenvalue weighted by Crippen LogP contribution is 2.59. The summed E-state index contributed by atoms with van der Waals surface area (Å²) in [5.41, 5.74) is -0.294. The minimum absolute atomic E-state index is 0.216. The number of rotatable bonds is 7. The van der Waals surface area contributed by atoms with Crippen molar-refractivity contribution in [2.24, 2.45) is 13.0 Å². The molecule has 0 amide bonds. The molecule has 1 saturated carbocycles. The van der Waals surface area contributed by atoms with Crippen LogP contribution in [0.1, 0.15) is 29.7 Å². The smallest absolute Gasteiger partial charge is 0.416 e. The van der Waals surface area contributed by atoms with Gasteiger partial charge in [-0.2, -0.15) is 13.2 Å². The molecule has 6 nitrogen and oxygen atoms in total. The van der Waals surface area contributed by atoms with Crippen LogP contribution in [0.25, 0.3) is 11.6 Å². The summed E-state index contributed by atoms with van der Waals surface area (Å²) >= 11 is 1.58. The lowest BCUT2D eigenvalue weighted by Gasteiger charge is -2.22. The third-order valence-corrected chi connectivity index (χ3v) is 7.79. The minimum Gasteiger partial charge on any atom is -0.440 e. The van der Waals surface area contributed by atoms with Gasteiger partial charge in [0.05, 0.1) is 11.3 Å². The van der Waals surface area contributed by atoms with Crippen molar-refractivity contribution in [2.75, 3.05) is 25.4 Å². The molecular weight excluding hydrogens is 458 g/mol. The van der Waals surface area contributed by atoms with Crippen molar-refractivity contribution in [3.05, 3.63) is 47.2 Å². The van der Waals surface area contributed by atoms with E-state index in [2.05, 4.69) is 20.1 Å². The molecule has 3 aromatic rings. The largest absolute Gasteiger partial charge is 0.440 e. The summed E-state index contributed by atoms with van der Waals surface area (Å²) in [5, 5.41) is 9.20. The maximum Gasteiger partial charge on any atom is 0.416 e. The molecule has 2 fully saturated rings. The number of alkyl halides is 3. The summed E-state index contributed by atoms with van der Waals surface area (Å²) in [6.45, 7) is 4.04. The summed E-state index contributed by atoms with van der Waals surface area (Å²) in [4.78, 5) is 6.31. The summed E-state index contributed by atoms with van der Waals surface area (Å²) in [7, 11) is 1.88. The molecule has 2 unspecified atom stereocenters. The second-order valence-electron chi connectivity index (χ2n) is 8.82. The highest BCUT2D eigenvalue weighted by molar-refractivity contribution is 7.99. The first-order chi connectivity index (χ1) is 15.7. The molecule has 0 N–H and O–H groups in total. The number of hydrogen-bond donors (Lipinski definition) is 0. The van der Waals surface area contributed by atoms with E-state index in [4.69, 9.17) is 4.42 Å². The number of hydrogen-bond acceptors (Lipinski definition) is 6. The zero-order chi connectivity index (χ0) is 23.4. The SMILES string of the molecule is Cc1ncoc1-c1nnc(SCCCN2CC3CC3(c3cc(C(F)(F)F)ccc3F)C2)n1C. The second kappa shape index (κ2) is 8.12. The van der Waals surface area contributed by atoms with Gasteiger partial charge in [0.2, 0.25) is 5.82 Å². The molecule has 33 heavy (non-hydrogen) atoms. The normalized spacial score (nSPS) is 22.7. The highest BCUT2D eigenvalue weighted by Gasteiger charge is 2.61. The predicted octanol–water partition coefficient (Wildman–Crippen LogP) is 4.69. The Labute approximate surface area is 192 Å². The van der Waals surface area contributed by atoms with Crippen LogP contribution in [-0.4, -0.2) is 50.0 Å². The monoisotopic (exact) mass is 481 g/mol. The van der Waals surface area contributed by atoms with E-state index in [1.54, 1.807) is 11.8 Å². The van der Waals surface area contributed by atoms with E-state index in [0.29, 0.717) is 18.1 Å². The molecule has 1 saturated heterocycles. The van der Waals surface area contributed by atoms with Crippen molar-refractivity contribution in [1.82, 2.24) is 24.6 Å². The Morgan fingerprint density at radius 1 is 1.27 bits per heavy atom. The van der Waals surface area contributed by atoms with Gasteiger partial charge in [0.1, 0.15) is 5.82 Å². The molecule has 2 aliphatic rings. The molecule has 0 radical (unpaired) electrons. The van der Waals surface area contributed by atoms with Crippen molar-refractivity contribution >= 4 is 11.8 Å². The van der Waals surface area contributed by atoms with Crippen LogP contribution < -0.4 is 0 Å². The molecule has 11 heteroatoms. The average molecular weight is 482 g/mol. The maximum absolute atomic E-state index is 14.5. The first-order valence-electron chi connectivity index (χ1n) is 10.7. The van der Waals surface area contributed by atoms with Gasteiger partial charge in [-0.1, -0.05) is 11.8 Å². The van der Waals surface area contributed by atoms with E-state index in [-0.39, 0.29) is 11.5 Å². The van der Waals surface area contributed by atoms with Gasteiger partial charge < -0.3 is 13.9 Å². The minimum atomic E-state index is -4.47. The van der Waals surface area contributed by atoms with Gasteiger partial charge in [0.25, 0.3) is 0 Å². The number of nitrogens with zero attached hydrogens (tertiary/aromatic N) is 5. The van der Waals surface area contributed by atoms with Crippen molar-refractivity contribution in [3.63, 3.8) is 0 Å². The van der Waals surface area contributed by atoms with Crippen LogP contribution in [0, 0.1) is 18.7 Å². The first kappa shape index (κ1) is 22.4. The number of likely N-dealkylation sites (tertiary alicyclic amines) is 1. The van der Waals surface area contributed by atoms with Gasteiger partial charge >= 0.3 is 6.18 Å². The summed E-state index contributed by atoms with van der Waals surface area (Å²) in [6.07, 6.45) is -1.46. The second-order valence-corrected chi connectivity index (χ2v) is 9.88. The van der Waals surface area contributed by atoms with E-state index in [1.165, 1.54) is 6.39 Å². The fraction of sp³-hybridized carbons (Fsp3) is 0.500. The molecule has 2 atom stereocenters. The molecule has 2 aromatic heterocycles. The van der Waals surface area contributed by atoms with E-state index in [1.807, 2.05) is 18.5 Å². The topological polar surface area (TPSA) is 60.0 Å². The van der Waals surface area contributed by atoms with Crippen LogP contribution in [0.2, 0.25) is 0 Å². The summed E-state index contributed by atoms with van der Waals surface area (Å²) in [6, 6.07) is 2.78. The van der Waals surface area contributed by atoms with Crippen molar-refractivity contribution in [3.8, 4) is 11.6 Å². The van der Waals surface area contributed by atoms with E-state index >= 15 is 0 Å². The first-order valence-corrected chi connectivity index (χ1v) is 11.7. The molecular formula is C22H23F4N5OS. The average Bonchev–Trinajstić information content (AvgIpc) is 3.06. The molecule has 1 aliphatic heterocycles. The maximum atomic E-state index is 14.5. The molecule has 3 heterocycles. The molecule has 5 rings (SSSR count). The zero-order valence-corrected chi connectivity index (χ0v) is 19.0. The molecule has 1 aliphatic carbocycles. The van der Waals surface area contributed by atoms with Crippen LogP contribution in [0.15, 0.2) is 34.2 Å². The fourth-order valence-electron chi connectivity index (χ4n) is 4.86. The quantitative estimate of drug-likeness (QED) is 0.277. The lowest BCUT2D eigenvalue weighted by Crippen LogP contribution is -2.28. The number of halogens is 4. The van der Waals surface area contributed by atoms with Gasteiger partial charge in [-0.25, -0.2) is 9.37 Å². The number of benzene rings is 1.